The Labute approximate surface area is 253 Å². The lowest BCUT2D eigenvalue weighted by Crippen LogP contribution is -2.39. The maximum atomic E-state index is 13.6. The molecule has 0 spiro atoms. The number of carbonyl (C=O) groups is 1. The largest absolute Gasteiger partial charge is 0.381 e. The van der Waals surface area contributed by atoms with Gasteiger partial charge in [0.1, 0.15) is 10.7 Å². The molecule has 8 nitrogen and oxygen atoms in total. The summed E-state index contributed by atoms with van der Waals surface area (Å²) in [6.07, 6.45) is 3.77. The summed E-state index contributed by atoms with van der Waals surface area (Å²) >= 11 is 0. The second-order valence-electron chi connectivity index (χ2n) is 10.1. The van der Waals surface area contributed by atoms with Gasteiger partial charge in [-0.2, -0.15) is 0 Å². The highest BCUT2D eigenvalue weighted by Crippen LogP contribution is 2.39. The van der Waals surface area contributed by atoms with Crippen molar-refractivity contribution in [3.05, 3.63) is 121 Å². The number of anilines is 5. The number of unbranched alkanes of at least 4 members (excludes halogenated alkanes) is 1. The molecule has 0 fully saturated rings. The number of fused-ring (bicyclic) bond motifs is 1. The van der Waals surface area contributed by atoms with Crippen LogP contribution in [-0.4, -0.2) is 38.4 Å². The number of amides is 1. The summed E-state index contributed by atoms with van der Waals surface area (Å²) in [4.78, 5) is 15.8. The van der Waals surface area contributed by atoms with Crippen LogP contribution in [0.4, 0.5) is 28.4 Å². The van der Waals surface area contributed by atoms with E-state index in [2.05, 4.69) is 22.5 Å². The van der Waals surface area contributed by atoms with E-state index < -0.39 is 15.9 Å². The van der Waals surface area contributed by atoms with Crippen LogP contribution in [0.25, 0.3) is 0 Å². The molecule has 1 aliphatic rings. The third-order valence-corrected chi connectivity index (χ3v) is 8.85. The Bertz CT molecular complexity index is 1620. The summed E-state index contributed by atoms with van der Waals surface area (Å²) in [6.45, 7) is 3.32. The Morgan fingerprint density at radius 1 is 0.837 bits per heavy atom. The lowest BCUT2D eigenvalue weighted by atomic mass is 10.1. The number of hydrogen-bond donors (Lipinski definition) is 2. The van der Waals surface area contributed by atoms with Crippen molar-refractivity contribution in [1.82, 2.24) is 4.31 Å². The van der Waals surface area contributed by atoms with Gasteiger partial charge in [-0.25, -0.2) is 8.42 Å². The predicted molar refractivity (Wildman–Crippen MR) is 172 cm³/mol. The summed E-state index contributed by atoms with van der Waals surface area (Å²) in [6, 6.07) is 34.0. The fourth-order valence-corrected chi connectivity index (χ4v) is 6.51. The van der Waals surface area contributed by atoms with Gasteiger partial charge in [-0.1, -0.05) is 74.0 Å². The molecule has 43 heavy (non-hydrogen) atoms. The molecule has 0 radical (unpaired) electrons. The average molecular weight is 597 g/mol. The molecule has 1 aliphatic heterocycles. The lowest BCUT2D eigenvalue weighted by Gasteiger charge is -2.33. The van der Waals surface area contributed by atoms with Gasteiger partial charge in [-0.05, 0) is 61.4 Å². The van der Waals surface area contributed by atoms with Gasteiger partial charge in [0.25, 0.3) is 15.9 Å². The highest BCUT2D eigenvalue weighted by atomic mass is 32.2. The molecule has 5 rings (SSSR count). The number of nitrogens with zero attached hydrogens (tertiary/aromatic N) is 2. The first kappa shape index (κ1) is 29.9. The Morgan fingerprint density at radius 3 is 2.14 bits per heavy atom. The van der Waals surface area contributed by atoms with E-state index in [1.807, 2.05) is 84.9 Å². The first-order valence-electron chi connectivity index (χ1n) is 14.5. The number of rotatable bonds is 12. The van der Waals surface area contributed by atoms with Crippen LogP contribution < -0.4 is 15.5 Å². The summed E-state index contributed by atoms with van der Waals surface area (Å²) in [7, 11) is -3.88. The molecule has 0 saturated heterocycles. The van der Waals surface area contributed by atoms with E-state index in [0.29, 0.717) is 31.0 Å². The van der Waals surface area contributed by atoms with Gasteiger partial charge in [0, 0.05) is 37.2 Å². The monoisotopic (exact) mass is 596 g/mol. The number of sulfonamides is 1. The zero-order valence-electron chi connectivity index (χ0n) is 24.1. The van der Waals surface area contributed by atoms with Crippen molar-refractivity contribution in [2.45, 2.75) is 31.1 Å². The van der Waals surface area contributed by atoms with E-state index >= 15 is 0 Å². The number of hydrogen-bond acceptors (Lipinski definition) is 6. The molecule has 4 aromatic rings. The molecule has 0 aromatic heterocycles. The maximum Gasteiger partial charge on any atom is 0.267 e. The van der Waals surface area contributed by atoms with Crippen LogP contribution in [0.15, 0.2) is 126 Å². The van der Waals surface area contributed by atoms with Crippen LogP contribution in [0, 0.1) is 0 Å². The molecule has 0 saturated carbocycles. The van der Waals surface area contributed by atoms with Gasteiger partial charge in [0.2, 0.25) is 0 Å². The maximum absolute atomic E-state index is 13.6. The average Bonchev–Trinajstić information content (AvgIpc) is 3.02. The predicted octanol–water partition coefficient (Wildman–Crippen LogP) is 7.26. The molecule has 0 bridgehead atoms. The van der Waals surface area contributed by atoms with Crippen molar-refractivity contribution in [2.24, 2.45) is 0 Å². The van der Waals surface area contributed by atoms with Gasteiger partial charge in [-0.3, -0.25) is 9.10 Å². The fourth-order valence-electron chi connectivity index (χ4n) is 4.90. The number of ether oxygens (including phenoxy) is 1. The molecule has 0 unspecified atom stereocenters. The Kier molecular flexibility index (Phi) is 9.76. The van der Waals surface area contributed by atoms with E-state index in [1.165, 1.54) is 10.4 Å². The molecule has 222 valence electrons. The molecule has 0 aliphatic carbocycles. The first-order valence-corrected chi connectivity index (χ1v) is 15.9. The SMILES string of the molecule is CCCCOCCCN1/C(=C\C(=O)Nc2ccccc2N(c2ccccc2)c2ccccc2)Nc2ccccc2S1(=O)=O. The summed E-state index contributed by atoms with van der Waals surface area (Å²) in [5.74, 6) is -0.278. The standard InChI is InChI=1S/C34H36N4O4S/c1-2-3-24-42-25-14-23-37-33(35-30-20-11-13-22-32(30)43(37,40)41)26-34(39)36-29-19-10-12-21-31(29)38(27-15-6-4-7-16-27)28-17-8-5-9-18-28/h4-13,15-22,26,35H,2-3,14,23-25H2,1H3,(H,36,39)/b33-26-. The molecule has 0 atom stereocenters. The normalized spacial score (nSPS) is 14.5. The number of benzene rings is 4. The van der Waals surface area contributed by atoms with Crippen molar-refractivity contribution in [3.8, 4) is 0 Å². The smallest absolute Gasteiger partial charge is 0.267 e. The zero-order valence-corrected chi connectivity index (χ0v) is 25.0. The highest BCUT2D eigenvalue weighted by molar-refractivity contribution is 7.89. The zero-order chi connectivity index (χ0) is 30.1. The molecule has 1 heterocycles. The number of nitrogens with one attached hydrogen (secondary N) is 2. The van der Waals surface area contributed by atoms with E-state index in [0.717, 1.165) is 29.9 Å². The van der Waals surface area contributed by atoms with E-state index in [9.17, 15) is 13.2 Å². The van der Waals surface area contributed by atoms with Crippen LogP contribution in [0.1, 0.15) is 26.2 Å². The molecule has 2 N–H and O–H groups in total. The van der Waals surface area contributed by atoms with Gasteiger partial charge < -0.3 is 20.3 Å². The molecular formula is C34H36N4O4S. The van der Waals surface area contributed by atoms with Crippen molar-refractivity contribution in [1.29, 1.82) is 0 Å². The van der Waals surface area contributed by atoms with Crippen molar-refractivity contribution >= 4 is 44.4 Å². The van der Waals surface area contributed by atoms with Gasteiger partial charge in [0.05, 0.1) is 17.1 Å². The van der Waals surface area contributed by atoms with Crippen LogP contribution in [0.5, 0.6) is 0 Å². The fraction of sp³-hybridized carbons (Fsp3) is 0.206. The third-order valence-electron chi connectivity index (χ3n) is 6.98. The second-order valence-corrected chi connectivity index (χ2v) is 11.9. The number of para-hydroxylation sites is 5. The second kappa shape index (κ2) is 14.0. The minimum absolute atomic E-state index is 0.168. The molecule has 9 heteroatoms. The van der Waals surface area contributed by atoms with Crippen LogP contribution in [0.3, 0.4) is 0 Å². The molecular weight excluding hydrogens is 560 g/mol. The Hall–Kier alpha value is -4.60. The topological polar surface area (TPSA) is 91.0 Å². The van der Waals surface area contributed by atoms with E-state index in [-0.39, 0.29) is 17.3 Å². The molecule has 4 aromatic carbocycles. The first-order chi connectivity index (χ1) is 21.0. The third kappa shape index (κ3) is 7.07. The van der Waals surface area contributed by atoms with Gasteiger partial charge in [0.15, 0.2) is 0 Å². The van der Waals surface area contributed by atoms with Crippen molar-refractivity contribution in [2.75, 3.05) is 35.3 Å². The Balaban J connectivity index is 1.44. The minimum Gasteiger partial charge on any atom is -0.381 e. The summed E-state index contributed by atoms with van der Waals surface area (Å²) < 4.78 is 34.2. The van der Waals surface area contributed by atoms with Crippen LogP contribution in [-0.2, 0) is 19.6 Å². The molecule has 1 amide bonds. The van der Waals surface area contributed by atoms with Gasteiger partial charge >= 0.3 is 0 Å². The van der Waals surface area contributed by atoms with Crippen LogP contribution >= 0.6 is 0 Å². The van der Waals surface area contributed by atoms with Gasteiger partial charge in [-0.15, -0.1) is 0 Å². The quantitative estimate of drug-likeness (QED) is 0.132. The number of carbonyl (C=O) groups excluding carboxylic acids is 1. The summed E-state index contributed by atoms with van der Waals surface area (Å²) in [5.41, 5.74) is 3.63. The Morgan fingerprint density at radius 2 is 1.44 bits per heavy atom. The van der Waals surface area contributed by atoms with E-state index in [1.54, 1.807) is 24.3 Å². The van der Waals surface area contributed by atoms with Crippen molar-refractivity contribution in [3.63, 3.8) is 0 Å². The summed E-state index contributed by atoms with van der Waals surface area (Å²) in [5, 5.41) is 6.16. The van der Waals surface area contributed by atoms with Crippen LogP contribution in [0.2, 0.25) is 0 Å². The highest BCUT2D eigenvalue weighted by Gasteiger charge is 2.34. The lowest BCUT2D eigenvalue weighted by molar-refractivity contribution is -0.112. The minimum atomic E-state index is -3.88. The van der Waals surface area contributed by atoms with Crippen molar-refractivity contribution < 1.29 is 17.9 Å². The van der Waals surface area contributed by atoms with E-state index in [4.69, 9.17) is 4.74 Å².